The summed E-state index contributed by atoms with van der Waals surface area (Å²) in [5.41, 5.74) is 5.24. The van der Waals surface area contributed by atoms with Crippen LogP contribution in [0.4, 0.5) is 0 Å². The lowest BCUT2D eigenvalue weighted by Crippen LogP contribution is -2.38. The number of aryl methyl sites for hydroxylation is 1. The molecule has 0 radical (unpaired) electrons. The predicted octanol–water partition coefficient (Wildman–Crippen LogP) is 3.87. The van der Waals surface area contributed by atoms with E-state index in [1.807, 2.05) is 25.1 Å². The number of hydrogen-bond donors (Lipinski definition) is 2. The van der Waals surface area contributed by atoms with Crippen LogP contribution in [0.15, 0.2) is 48.5 Å². The Morgan fingerprint density at radius 1 is 1.19 bits per heavy atom. The van der Waals surface area contributed by atoms with Crippen molar-refractivity contribution < 1.29 is 4.74 Å². The second kappa shape index (κ2) is 7.46. The van der Waals surface area contributed by atoms with Crippen molar-refractivity contribution in [3.63, 3.8) is 0 Å². The van der Waals surface area contributed by atoms with Gasteiger partial charge in [-0.3, -0.25) is 5.84 Å². The Morgan fingerprint density at radius 2 is 1.90 bits per heavy atom. The van der Waals surface area contributed by atoms with Crippen molar-refractivity contribution in [2.75, 3.05) is 0 Å². The molecule has 0 aliphatic rings. The number of hydrazine groups is 1. The number of benzene rings is 2. The van der Waals surface area contributed by atoms with Crippen LogP contribution in [0.3, 0.4) is 0 Å². The summed E-state index contributed by atoms with van der Waals surface area (Å²) >= 11 is 5.97. The van der Waals surface area contributed by atoms with Gasteiger partial charge in [0.2, 0.25) is 0 Å². The van der Waals surface area contributed by atoms with E-state index in [0.717, 1.165) is 17.7 Å². The van der Waals surface area contributed by atoms with Gasteiger partial charge in [-0.1, -0.05) is 48.9 Å². The monoisotopic (exact) mass is 304 g/mol. The summed E-state index contributed by atoms with van der Waals surface area (Å²) in [6.07, 6.45) is 0.899. The molecule has 21 heavy (non-hydrogen) atoms. The first-order valence-electron chi connectivity index (χ1n) is 7.11. The largest absolute Gasteiger partial charge is 0.489 e. The number of halogens is 1. The van der Waals surface area contributed by atoms with Gasteiger partial charge in [0, 0.05) is 5.02 Å². The minimum Gasteiger partial charge on any atom is -0.489 e. The molecule has 0 fully saturated rings. The van der Waals surface area contributed by atoms with Gasteiger partial charge >= 0.3 is 0 Å². The minimum absolute atomic E-state index is 0.0881. The van der Waals surface area contributed by atoms with Crippen LogP contribution in [-0.4, -0.2) is 6.10 Å². The maximum atomic E-state index is 5.97. The Hall–Kier alpha value is -1.55. The summed E-state index contributed by atoms with van der Waals surface area (Å²) in [5.74, 6) is 6.44. The number of nitrogens with two attached hydrogens (primary N) is 1. The molecule has 0 amide bonds. The first kappa shape index (κ1) is 15.8. The molecule has 0 heterocycles. The van der Waals surface area contributed by atoms with Crippen molar-refractivity contribution in [1.82, 2.24) is 5.43 Å². The molecule has 112 valence electrons. The van der Waals surface area contributed by atoms with Crippen LogP contribution < -0.4 is 16.0 Å². The van der Waals surface area contributed by atoms with Crippen LogP contribution in [0.1, 0.15) is 31.0 Å². The van der Waals surface area contributed by atoms with Crippen molar-refractivity contribution >= 4 is 11.6 Å². The molecule has 4 heteroatoms. The standard InChI is InChI=1S/C17H21ClN2O/c1-3-13-7-9-14(10-8-13)17(20-19)12(2)21-16-6-4-5-15(18)11-16/h4-12,17,20H,3,19H2,1-2H3. The lowest BCUT2D eigenvalue weighted by Gasteiger charge is -2.25. The topological polar surface area (TPSA) is 47.3 Å². The lowest BCUT2D eigenvalue weighted by molar-refractivity contribution is 0.171. The van der Waals surface area contributed by atoms with Crippen molar-refractivity contribution in [3.8, 4) is 5.75 Å². The summed E-state index contributed by atoms with van der Waals surface area (Å²) in [7, 11) is 0. The third-order valence-corrected chi connectivity index (χ3v) is 3.75. The fraction of sp³-hybridized carbons (Fsp3) is 0.294. The number of ether oxygens (including phenoxy) is 1. The first-order valence-corrected chi connectivity index (χ1v) is 7.49. The molecule has 2 unspecified atom stereocenters. The zero-order chi connectivity index (χ0) is 15.2. The Morgan fingerprint density at radius 3 is 2.48 bits per heavy atom. The van der Waals surface area contributed by atoms with Gasteiger partial charge in [0.05, 0.1) is 6.04 Å². The fourth-order valence-electron chi connectivity index (χ4n) is 2.29. The van der Waals surface area contributed by atoms with Crippen LogP contribution in [0.2, 0.25) is 5.02 Å². The Bertz CT molecular complexity index is 571. The van der Waals surface area contributed by atoms with Gasteiger partial charge in [-0.25, -0.2) is 5.43 Å². The Balaban J connectivity index is 2.12. The van der Waals surface area contributed by atoms with Gasteiger partial charge in [-0.15, -0.1) is 0 Å². The molecule has 0 saturated carbocycles. The number of hydrogen-bond acceptors (Lipinski definition) is 3. The molecule has 2 aromatic rings. The maximum Gasteiger partial charge on any atom is 0.121 e. The zero-order valence-electron chi connectivity index (χ0n) is 12.3. The van der Waals surface area contributed by atoms with Crippen molar-refractivity contribution in [1.29, 1.82) is 0 Å². The van der Waals surface area contributed by atoms with Crippen LogP contribution >= 0.6 is 11.6 Å². The lowest BCUT2D eigenvalue weighted by atomic mass is 10.0. The Kier molecular flexibility index (Phi) is 5.62. The zero-order valence-corrected chi connectivity index (χ0v) is 13.1. The van der Waals surface area contributed by atoms with E-state index in [0.29, 0.717) is 5.02 Å². The summed E-state index contributed by atoms with van der Waals surface area (Å²) in [4.78, 5) is 0. The summed E-state index contributed by atoms with van der Waals surface area (Å²) < 4.78 is 5.93. The normalized spacial score (nSPS) is 13.7. The number of nitrogens with one attached hydrogen (secondary N) is 1. The van der Waals surface area contributed by atoms with Crippen LogP contribution in [0, 0.1) is 0 Å². The van der Waals surface area contributed by atoms with Gasteiger partial charge in [0.1, 0.15) is 11.9 Å². The average molecular weight is 305 g/mol. The molecule has 3 nitrogen and oxygen atoms in total. The van der Waals surface area contributed by atoms with Gasteiger partial charge < -0.3 is 4.74 Å². The van der Waals surface area contributed by atoms with Crippen molar-refractivity contribution in [2.24, 2.45) is 5.84 Å². The second-order valence-electron chi connectivity index (χ2n) is 5.02. The van der Waals surface area contributed by atoms with E-state index in [2.05, 4.69) is 36.6 Å². The molecule has 0 saturated heterocycles. The van der Waals surface area contributed by atoms with E-state index in [1.54, 1.807) is 6.07 Å². The van der Waals surface area contributed by atoms with E-state index in [1.165, 1.54) is 5.56 Å². The van der Waals surface area contributed by atoms with Crippen LogP contribution in [0.25, 0.3) is 0 Å². The third-order valence-electron chi connectivity index (χ3n) is 3.51. The maximum absolute atomic E-state index is 5.97. The third kappa shape index (κ3) is 4.21. The second-order valence-corrected chi connectivity index (χ2v) is 5.46. The van der Waals surface area contributed by atoms with Crippen molar-refractivity contribution in [3.05, 3.63) is 64.7 Å². The van der Waals surface area contributed by atoms with Gasteiger partial charge in [0.15, 0.2) is 0 Å². The van der Waals surface area contributed by atoms with Crippen LogP contribution in [0.5, 0.6) is 5.75 Å². The highest BCUT2D eigenvalue weighted by Crippen LogP contribution is 2.24. The van der Waals surface area contributed by atoms with E-state index < -0.39 is 0 Å². The average Bonchev–Trinajstić information content (AvgIpc) is 2.48. The van der Waals surface area contributed by atoms with E-state index in [4.69, 9.17) is 22.2 Å². The first-order chi connectivity index (χ1) is 10.1. The summed E-state index contributed by atoms with van der Waals surface area (Å²) in [6.45, 7) is 4.12. The quantitative estimate of drug-likeness (QED) is 0.629. The van der Waals surface area contributed by atoms with E-state index >= 15 is 0 Å². The number of rotatable bonds is 6. The highest BCUT2D eigenvalue weighted by molar-refractivity contribution is 6.30. The summed E-state index contributed by atoms with van der Waals surface area (Å²) in [5, 5.41) is 0.657. The molecular weight excluding hydrogens is 284 g/mol. The molecule has 0 aliphatic heterocycles. The van der Waals surface area contributed by atoms with Crippen molar-refractivity contribution in [2.45, 2.75) is 32.4 Å². The molecule has 0 bridgehead atoms. The van der Waals surface area contributed by atoms with Crippen LogP contribution in [-0.2, 0) is 6.42 Å². The van der Waals surface area contributed by atoms with Gasteiger partial charge in [-0.05, 0) is 42.7 Å². The fourth-order valence-corrected chi connectivity index (χ4v) is 2.47. The van der Waals surface area contributed by atoms with E-state index in [9.17, 15) is 0 Å². The molecule has 2 atom stereocenters. The molecule has 0 spiro atoms. The molecule has 2 aromatic carbocycles. The highest BCUT2D eigenvalue weighted by Gasteiger charge is 2.19. The van der Waals surface area contributed by atoms with Gasteiger partial charge in [0.25, 0.3) is 0 Å². The molecule has 2 rings (SSSR count). The molecule has 3 N–H and O–H groups in total. The SMILES string of the molecule is CCc1ccc(C(NN)C(C)Oc2cccc(Cl)c2)cc1. The minimum atomic E-state index is -0.124. The Labute approximate surface area is 131 Å². The smallest absolute Gasteiger partial charge is 0.121 e. The molecule has 0 aliphatic carbocycles. The van der Waals surface area contributed by atoms with Gasteiger partial charge in [-0.2, -0.15) is 0 Å². The van der Waals surface area contributed by atoms with E-state index in [-0.39, 0.29) is 12.1 Å². The summed E-state index contributed by atoms with van der Waals surface area (Å²) in [6, 6.07) is 15.7. The predicted molar refractivity (Wildman–Crippen MR) is 87.4 cm³/mol. The molecule has 0 aromatic heterocycles. The molecular formula is C17H21ClN2O. The highest BCUT2D eigenvalue weighted by atomic mass is 35.5.